The average molecular weight is 466 g/mol. The maximum Gasteiger partial charge on any atom is 0.121 e. The van der Waals surface area contributed by atoms with Gasteiger partial charge in [-0.1, -0.05) is 115 Å². The molecule has 0 radical (unpaired) electrons. The third-order valence-electron chi connectivity index (χ3n) is 6.87. The Balaban J connectivity index is 1.56. The number of allylic oxidation sites excluding steroid dienone is 2. The minimum absolute atomic E-state index is 0.563. The Morgan fingerprint density at radius 3 is 1.86 bits per heavy atom. The van der Waals surface area contributed by atoms with Crippen molar-refractivity contribution in [2.75, 3.05) is 0 Å². The second kappa shape index (κ2) is 9.55. The van der Waals surface area contributed by atoms with Gasteiger partial charge in [-0.05, 0) is 51.7 Å². The van der Waals surface area contributed by atoms with Crippen molar-refractivity contribution in [2.45, 2.75) is 12.1 Å². The van der Waals surface area contributed by atoms with Gasteiger partial charge in [0.2, 0.25) is 0 Å². The maximum absolute atomic E-state index is 4.89. The second-order valence-electron chi connectivity index (χ2n) is 8.99. The highest BCUT2D eigenvalue weighted by Crippen LogP contribution is 2.41. The maximum atomic E-state index is 4.89. The quantitative estimate of drug-likeness (QED) is 0.287. The zero-order valence-corrected chi connectivity index (χ0v) is 20.0. The summed E-state index contributed by atoms with van der Waals surface area (Å²) >= 11 is 0. The summed E-state index contributed by atoms with van der Waals surface area (Å²) < 4.78 is 2.25. The van der Waals surface area contributed by atoms with Crippen LogP contribution in [0.15, 0.2) is 140 Å². The van der Waals surface area contributed by atoms with Crippen LogP contribution in [0.25, 0.3) is 11.6 Å². The molecule has 174 valence electrons. The molecule has 0 bridgehead atoms. The van der Waals surface area contributed by atoms with E-state index in [-0.39, 0.29) is 0 Å². The van der Waals surface area contributed by atoms with Crippen molar-refractivity contribution in [3.8, 4) is 0 Å². The Kier molecular flexibility index (Phi) is 5.80. The van der Waals surface area contributed by atoms with Gasteiger partial charge in [0.25, 0.3) is 0 Å². The molecule has 6 rings (SSSR count). The van der Waals surface area contributed by atoms with E-state index in [1.54, 1.807) is 0 Å². The summed E-state index contributed by atoms with van der Waals surface area (Å²) in [5, 5.41) is 3.37. The van der Waals surface area contributed by atoms with Crippen molar-refractivity contribution in [1.82, 2.24) is 14.9 Å². The van der Waals surface area contributed by atoms with E-state index in [0.717, 1.165) is 17.8 Å². The summed E-state index contributed by atoms with van der Waals surface area (Å²) in [6.45, 7) is 0.817. The van der Waals surface area contributed by atoms with Crippen molar-refractivity contribution in [3.05, 3.63) is 174 Å². The van der Waals surface area contributed by atoms with Gasteiger partial charge in [-0.25, -0.2) is 4.98 Å². The molecule has 0 amide bonds. The number of imidazole rings is 1. The second-order valence-corrected chi connectivity index (χ2v) is 8.99. The lowest BCUT2D eigenvalue weighted by atomic mass is 9.77. The van der Waals surface area contributed by atoms with Gasteiger partial charge < -0.3 is 9.88 Å². The van der Waals surface area contributed by atoms with E-state index in [2.05, 4.69) is 143 Å². The van der Waals surface area contributed by atoms with Crippen LogP contribution < -0.4 is 5.32 Å². The molecule has 2 heterocycles. The van der Waals surface area contributed by atoms with Crippen molar-refractivity contribution >= 4 is 11.6 Å². The summed E-state index contributed by atoms with van der Waals surface area (Å²) in [7, 11) is 0. The number of nitrogens with one attached hydrogen (secondary N) is 1. The molecule has 5 aromatic rings. The minimum Gasteiger partial charge on any atom is -0.387 e. The normalized spacial score (nSPS) is 14.2. The summed E-state index contributed by atoms with van der Waals surface area (Å²) in [4.78, 5) is 4.89. The Labute approximate surface area is 212 Å². The zero-order valence-electron chi connectivity index (χ0n) is 20.0. The highest BCUT2D eigenvalue weighted by atomic mass is 15.1. The van der Waals surface area contributed by atoms with Gasteiger partial charge in [-0.15, -0.1) is 0 Å². The third-order valence-corrected chi connectivity index (χ3v) is 6.87. The molecule has 1 aliphatic heterocycles. The predicted octanol–water partition coefficient (Wildman–Crippen LogP) is 6.88. The summed E-state index contributed by atoms with van der Waals surface area (Å²) in [5.74, 6) is 0. The number of hydrogen-bond acceptors (Lipinski definition) is 2. The van der Waals surface area contributed by atoms with E-state index < -0.39 is 5.54 Å². The van der Waals surface area contributed by atoms with Crippen molar-refractivity contribution < 1.29 is 0 Å². The number of benzene rings is 4. The van der Waals surface area contributed by atoms with Crippen LogP contribution in [0, 0.1) is 0 Å². The van der Waals surface area contributed by atoms with Gasteiger partial charge in [-0.2, -0.15) is 0 Å². The summed E-state index contributed by atoms with van der Waals surface area (Å²) in [6, 6.07) is 40.6. The molecule has 1 aliphatic rings. The van der Waals surface area contributed by atoms with Gasteiger partial charge in [0.15, 0.2) is 0 Å². The molecule has 1 aromatic heterocycles. The van der Waals surface area contributed by atoms with Crippen molar-refractivity contribution in [2.24, 2.45) is 0 Å². The summed E-state index contributed by atoms with van der Waals surface area (Å²) in [6.07, 6.45) is 10.4. The van der Waals surface area contributed by atoms with Crippen LogP contribution in [-0.2, 0) is 12.1 Å². The predicted molar refractivity (Wildman–Crippen MR) is 147 cm³/mol. The van der Waals surface area contributed by atoms with Crippen LogP contribution in [0.2, 0.25) is 0 Å². The minimum atomic E-state index is -0.563. The Morgan fingerprint density at radius 1 is 0.694 bits per heavy atom. The topological polar surface area (TPSA) is 29.9 Å². The van der Waals surface area contributed by atoms with Crippen LogP contribution in [0.4, 0.5) is 0 Å². The van der Waals surface area contributed by atoms with Crippen LogP contribution in [0.3, 0.4) is 0 Å². The van der Waals surface area contributed by atoms with Gasteiger partial charge in [0.1, 0.15) is 5.54 Å². The monoisotopic (exact) mass is 465 g/mol. The lowest BCUT2D eigenvalue weighted by Gasteiger charge is -2.37. The van der Waals surface area contributed by atoms with E-state index in [1.807, 2.05) is 12.5 Å². The fourth-order valence-electron chi connectivity index (χ4n) is 5.23. The Morgan fingerprint density at radius 2 is 1.25 bits per heavy atom. The molecule has 0 saturated heterocycles. The van der Waals surface area contributed by atoms with E-state index in [4.69, 9.17) is 4.98 Å². The van der Waals surface area contributed by atoms with Crippen molar-refractivity contribution in [1.29, 1.82) is 0 Å². The molecule has 0 aliphatic carbocycles. The molecule has 0 unspecified atom stereocenters. The average Bonchev–Trinajstić information content (AvgIpc) is 3.32. The summed E-state index contributed by atoms with van der Waals surface area (Å²) in [5.41, 5.74) is 7.55. The van der Waals surface area contributed by atoms with Crippen LogP contribution >= 0.6 is 0 Å². The Hall–Kier alpha value is -4.63. The SMILES string of the molecule is C1=CC(=Cc2cn(C(c3ccccc3)(c3ccccc3)c3ccccc3)cn2)c2ccccc2CN1. The van der Waals surface area contributed by atoms with E-state index >= 15 is 0 Å². The largest absolute Gasteiger partial charge is 0.387 e. The van der Waals surface area contributed by atoms with E-state index in [9.17, 15) is 0 Å². The van der Waals surface area contributed by atoms with Gasteiger partial charge in [0.05, 0.1) is 12.0 Å². The molecular formula is C33H27N3. The fourth-order valence-corrected chi connectivity index (χ4v) is 5.23. The number of hydrogen-bond donors (Lipinski definition) is 1. The molecule has 0 spiro atoms. The first-order chi connectivity index (χ1) is 17.9. The number of nitrogens with zero attached hydrogens (tertiary/aromatic N) is 2. The molecule has 0 saturated carbocycles. The standard InChI is InChI=1S/C33H27N3/c1-4-13-28(14-5-1)33(29-15-6-2-7-16-29,30-17-8-3-9-18-30)36-24-31(35-25-36)22-26-20-21-34-23-27-12-10-11-19-32(26)27/h1-22,24-25,34H,23H2. The van der Waals surface area contributed by atoms with Crippen molar-refractivity contribution in [3.63, 3.8) is 0 Å². The fraction of sp³-hybridized carbons (Fsp3) is 0.0606. The molecule has 0 atom stereocenters. The number of fused-ring (bicyclic) bond motifs is 1. The number of aromatic nitrogens is 2. The smallest absolute Gasteiger partial charge is 0.121 e. The van der Waals surface area contributed by atoms with Gasteiger partial charge in [0, 0.05) is 12.7 Å². The molecule has 36 heavy (non-hydrogen) atoms. The number of rotatable bonds is 5. The van der Waals surface area contributed by atoms with Gasteiger partial charge >= 0.3 is 0 Å². The first-order valence-electron chi connectivity index (χ1n) is 12.3. The van der Waals surface area contributed by atoms with E-state index in [0.29, 0.717) is 0 Å². The molecule has 4 aromatic carbocycles. The van der Waals surface area contributed by atoms with E-state index in [1.165, 1.54) is 27.8 Å². The first-order valence-corrected chi connectivity index (χ1v) is 12.3. The highest BCUT2D eigenvalue weighted by Gasteiger charge is 2.38. The molecular weight excluding hydrogens is 438 g/mol. The first kappa shape index (κ1) is 21.9. The van der Waals surface area contributed by atoms with Crippen LogP contribution in [0.5, 0.6) is 0 Å². The Bertz CT molecular complexity index is 1420. The third kappa shape index (κ3) is 3.85. The zero-order chi connectivity index (χ0) is 24.2. The van der Waals surface area contributed by atoms with Gasteiger partial charge in [-0.3, -0.25) is 0 Å². The molecule has 1 N–H and O–H groups in total. The lowest BCUT2D eigenvalue weighted by Crippen LogP contribution is -2.36. The lowest BCUT2D eigenvalue weighted by molar-refractivity contribution is 0.514. The highest BCUT2D eigenvalue weighted by molar-refractivity contribution is 5.88. The molecule has 3 nitrogen and oxygen atoms in total. The molecule has 3 heteroatoms. The van der Waals surface area contributed by atoms with Crippen LogP contribution in [0.1, 0.15) is 33.5 Å². The van der Waals surface area contributed by atoms with Crippen LogP contribution in [-0.4, -0.2) is 9.55 Å². The molecule has 0 fully saturated rings.